The minimum absolute atomic E-state index is 0.168. The third kappa shape index (κ3) is 4.69. The Balaban J connectivity index is 2.05. The predicted molar refractivity (Wildman–Crippen MR) is 91.9 cm³/mol. The van der Waals surface area contributed by atoms with Crippen LogP contribution in [0.2, 0.25) is 0 Å². The van der Waals surface area contributed by atoms with Gasteiger partial charge >= 0.3 is 5.97 Å². The highest BCUT2D eigenvalue weighted by molar-refractivity contribution is 5.98. The number of carbonyl (C=O) groups excluding carboxylic acids is 2. The molecule has 0 aliphatic heterocycles. The molecule has 1 atom stereocenters. The van der Waals surface area contributed by atoms with Gasteiger partial charge < -0.3 is 19.5 Å². The van der Waals surface area contributed by atoms with Crippen molar-refractivity contribution >= 4 is 17.6 Å². The molecule has 7 heteroatoms. The van der Waals surface area contributed by atoms with Gasteiger partial charge in [-0.3, -0.25) is 4.79 Å². The molecule has 0 radical (unpaired) electrons. The zero-order valence-electron chi connectivity index (χ0n) is 14.3. The second-order valence-corrected chi connectivity index (χ2v) is 5.03. The number of benzene rings is 1. The Morgan fingerprint density at radius 1 is 1.20 bits per heavy atom. The predicted octanol–water partition coefficient (Wildman–Crippen LogP) is 2.67. The van der Waals surface area contributed by atoms with Gasteiger partial charge in [0.1, 0.15) is 11.3 Å². The van der Waals surface area contributed by atoms with Gasteiger partial charge in [-0.25, -0.2) is 9.78 Å². The highest BCUT2D eigenvalue weighted by Gasteiger charge is 2.22. The van der Waals surface area contributed by atoms with Crippen molar-refractivity contribution in [1.82, 2.24) is 4.98 Å². The van der Waals surface area contributed by atoms with Crippen molar-refractivity contribution in [2.45, 2.75) is 20.0 Å². The van der Waals surface area contributed by atoms with E-state index in [2.05, 4.69) is 10.3 Å². The molecule has 1 aromatic heterocycles. The Bertz CT molecular complexity index is 748. The van der Waals surface area contributed by atoms with Crippen LogP contribution in [0, 0.1) is 0 Å². The van der Waals surface area contributed by atoms with Gasteiger partial charge in [0, 0.05) is 6.20 Å². The topological polar surface area (TPSA) is 86.8 Å². The van der Waals surface area contributed by atoms with Gasteiger partial charge in [0.15, 0.2) is 6.10 Å². The quantitative estimate of drug-likeness (QED) is 0.777. The van der Waals surface area contributed by atoms with Crippen molar-refractivity contribution in [2.75, 3.05) is 19.0 Å². The average molecular weight is 344 g/mol. The number of ether oxygens (including phenoxy) is 3. The van der Waals surface area contributed by atoms with Crippen LogP contribution in [0.4, 0.5) is 5.69 Å². The smallest absolute Gasteiger partial charge is 0.344 e. The fourth-order valence-corrected chi connectivity index (χ4v) is 2.06. The van der Waals surface area contributed by atoms with E-state index in [-0.39, 0.29) is 11.4 Å². The molecule has 0 bridgehead atoms. The third-order valence-corrected chi connectivity index (χ3v) is 3.29. The Morgan fingerprint density at radius 3 is 2.68 bits per heavy atom. The highest BCUT2D eigenvalue weighted by atomic mass is 16.6. The number of pyridine rings is 1. The number of esters is 1. The van der Waals surface area contributed by atoms with Crippen molar-refractivity contribution < 1.29 is 23.8 Å². The molecule has 0 aliphatic rings. The molecule has 0 spiro atoms. The molecule has 2 rings (SSSR count). The zero-order valence-corrected chi connectivity index (χ0v) is 14.3. The van der Waals surface area contributed by atoms with Crippen molar-refractivity contribution in [1.29, 1.82) is 0 Å². The summed E-state index contributed by atoms with van der Waals surface area (Å²) in [7, 11) is 1.51. The van der Waals surface area contributed by atoms with Crippen LogP contribution in [-0.4, -0.2) is 36.7 Å². The summed E-state index contributed by atoms with van der Waals surface area (Å²) in [5.74, 6) is -0.466. The molecule has 0 fully saturated rings. The molecular formula is C18H20N2O5. The van der Waals surface area contributed by atoms with Crippen molar-refractivity contribution in [2.24, 2.45) is 0 Å². The highest BCUT2D eigenvalue weighted by Crippen LogP contribution is 2.23. The van der Waals surface area contributed by atoms with Gasteiger partial charge in [-0.05, 0) is 38.1 Å². The summed E-state index contributed by atoms with van der Waals surface area (Å²) in [6, 6.07) is 10.1. The fourth-order valence-electron chi connectivity index (χ4n) is 2.06. The van der Waals surface area contributed by atoms with E-state index >= 15 is 0 Å². The Hall–Kier alpha value is -3.09. The van der Waals surface area contributed by atoms with Crippen LogP contribution in [0.3, 0.4) is 0 Å². The summed E-state index contributed by atoms with van der Waals surface area (Å²) in [5.41, 5.74) is 0.663. The maximum absolute atomic E-state index is 12.3. The van der Waals surface area contributed by atoms with E-state index in [0.717, 1.165) is 0 Å². The molecule has 1 N–H and O–H groups in total. The lowest BCUT2D eigenvalue weighted by Crippen LogP contribution is -2.30. The van der Waals surface area contributed by atoms with Crippen LogP contribution in [0.25, 0.3) is 0 Å². The molecule has 1 amide bonds. The minimum atomic E-state index is -1.01. The van der Waals surface area contributed by atoms with E-state index in [1.807, 2.05) is 0 Å². The first-order chi connectivity index (χ1) is 12.1. The summed E-state index contributed by atoms with van der Waals surface area (Å²) in [6.07, 6.45) is 0.506. The molecular weight excluding hydrogens is 324 g/mol. The van der Waals surface area contributed by atoms with Gasteiger partial charge in [-0.2, -0.15) is 0 Å². The van der Waals surface area contributed by atoms with E-state index in [4.69, 9.17) is 14.2 Å². The summed E-state index contributed by atoms with van der Waals surface area (Å²) >= 11 is 0. The van der Waals surface area contributed by atoms with E-state index in [0.29, 0.717) is 18.0 Å². The number of hydrogen-bond donors (Lipinski definition) is 1. The fraction of sp³-hybridized carbons (Fsp3) is 0.278. The van der Waals surface area contributed by atoms with Gasteiger partial charge in [0.25, 0.3) is 5.91 Å². The second kappa shape index (κ2) is 8.68. The van der Waals surface area contributed by atoms with Crippen molar-refractivity contribution in [3.05, 3.63) is 48.2 Å². The van der Waals surface area contributed by atoms with Crippen molar-refractivity contribution in [3.63, 3.8) is 0 Å². The van der Waals surface area contributed by atoms with E-state index in [9.17, 15) is 9.59 Å². The summed E-state index contributed by atoms with van der Waals surface area (Å²) in [4.78, 5) is 28.5. The molecule has 0 saturated carbocycles. The summed E-state index contributed by atoms with van der Waals surface area (Å²) in [6.45, 7) is 3.63. The molecule has 0 aliphatic carbocycles. The number of para-hydroxylation sites is 2. The van der Waals surface area contributed by atoms with Gasteiger partial charge in [-0.15, -0.1) is 0 Å². The first kappa shape index (κ1) is 18.3. The number of aromatic nitrogens is 1. The largest absolute Gasteiger partial charge is 0.495 e. The number of nitrogens with zero attached hydrogens (tertiary/aromatic N) is 1. The number of methoxy groups -OCH3 is 1. The van der Waals surface area contributed by atoms with Crippen LogP contribution in [0.15, 0.2) is 42.6 Å². The monoisotopic (exact) mass is 344 g/mol. The van der Waals surface area contributed by atoms with Crippen LogP contribution in [0.1, 0.15) is 24.2 Å². The second-order valence-electron chi connectivity index (χ2n) is 5.03. The molecule has 1 heterocycles. The first-order valence-electron chi connectivity index (χ1n) is 7.79. The minimum Gasteiger partial charge on any atom is -0.495 e. The maximum Gasteiger partial charge on any atom is 0.344 e. The molecule has 1 aromatic carbocycles. The number of carbonyl (C=O) groups is 2. The Labute approximate surface area is 145 Å². The number of hydrogen-bond acceptors (Lipinski definition) is 6. The third-order valence-electron chi connectivity index (χ3n) is 3.29. The summed E-state index contributed by atoms with van der Waals surface area (Å²) in [5, 5.41) is 2.67. The van der Waals surface area contributed by atoms with Crippen LogP contribution in [0.5, 0.6) is 11.6 Å². The van der Waals surface area contributed by atoms with E-state index in [1.165, 1.54) is 26.3 Å². The van der Waals surface area contributed by atoms with Gasteiger partial charge in [0.05, 0.1) is 19.4 Å². The molecule has 0 unspecified atom stereocenters. The van der Waals surface area contributed by atoms with Crippen LogP contribution >= 0.6 is 0 Å². The molecule has 0 saturated heterocycles. The maximum atomic E-state index is 12.3. The van der Waals surface area contributed by atoms with Gasteiger partial charge in [0.2, 0.25) is 5.88 Å². The normalized spacial score (nSPS) is 11.3. The molecule has 2 aromatic rings. The SMILES string of the molecule is CCOc1ncccc1C(=O)O[C@@H](C)C(=O)Nc1ccccc1OC. The molecule has 25 heavy (non-hydrogen) atoms. The summed E-state index contributed by atoms with van der Waals surface area (Å²) < 4.78 is 15.7. The number of anilines is 1. The molecule has 132 valence electrons. The standard InChI is InChI=1S/C18H20N2O5/c1-4-24-17-13(8-7-11-19-17)18(22)25-12(2)16(21)20-14-9-5-6-10-15(14)23-3/h5-12H,4H2,1-3H3,(H,20,21)/t12-/m0/s1. The Morgan fingerprint density at radius 2 is 1.96 bits per heavy atom. The lowest BCUT2D eigenvalue weighted by Gasteiger charge is -2.15. The number of nitrogens with one attached hydrogen (secondary N) is 1. The molecule has 7 nitrogen and oxygen atoms in total. The number of rotatable bonds is 7. The lowest BCUT2D eigenvalue weighted by atomic mass is 10.2. The first-order valence-corrected chi connectivity index (χ1v) is 7.79. The van der Waals surface area contributed by atoms with Crippen LogP contribution in [-0.2, 0) is 9.53 Å². The van der Waals surface area contributed by atoms with E-state index < -0.39 is 18.0 Å². The number of amides is 1. The average Bonchev–Trinajstić information content (AvgIpc) is 2.62. The van der Waals surface area contributed by atoms with E-state index in [1.54, 1.807) is 37.3 Å². The van der Waals surface area contributed by atoms with Crippen LogP contribution < -0.4 is 14.8 Å². The zero-order chi connectivity index (χ0) is 18.2. The lowest BCUT2D eigenvalue weighted by molar-refractivity contribution is -0.123. The van der Waals surface area contributed by atoms with Gasteiger partial charge in [-0.1, -0.05) is 12.1 Å². The van der Waals surface area contributed by atoms with Crippen molar-refractivity contribution in [3.8, 4) is 11.6 Å². The Kier molecular flexibility index (Phi) is 6.33.